The molecule has 122 valence electrons. The van der Waals surface area contributed by atoms with Gasteiger partial charge in [-0.2, -0.15) is 0 Å². The van der Waals surface area contributed by atoms with Crippen molar-refractivity contribution in [1.82, 2.24) is 9.47 Å². The van der Waals surface area contributed by atoms with Gasteiger partial charge in [0, 0.05) is 11.6 Å². The molecule has 0 saturated carbocycles. The Bertz CT molecular complexity index is 958. The lowest BCUT2D eigenvalue weighted by Crippen LogP contribution is -2.47. The molecule has 0 radical (unpaired) electrons. The van der Waals surface area contributed by atoms with Crippen LogP contribution in [0.2, 0.25) is 5.02 Å². The van der Waals surface area contributed by atoms with Crippen molar-refractivity contribution >= 4 is 28.6 Å². The molecule has 1 unspecified atom stereocenters. The summed E-state index contributed by atoms with van der Waals surface area (Å²) in [7, 11) is 0. The molecule has 0 bridgehead atoms. The van der Waals surface area contributed by atoms with E-state index in [9.17, 15) is 9.59 Å². The van der Waals surface area contributed by atoms with Crippen molar-refractivity contribution in [3.05, 3.63) is 69.7 Å². The third-order valence-corrected chi connectivity index (χ3v) is 4.71. The molecule has 2 heterocycles. The summed E-state index contributed by atoms with van der Waals surface area (Å²) in [5, 5.41) is 0.673. The van der Waals surface area contributed by atoms with E-state index in [4.69, 9.17) is 16.0 Å². The van der Waals surface area contributed by atoms with Crippen LogP contribution < -0.4 is 5.76 Å². The molecule has 1 aromatic heterocycles. The SMILES string of the molecule is O=C(Cn1c(=O)oc2ccccc21)N1CCC1c1ccc(Cl)cc1. The third kappa shape index (κ3) is 2.51. The number of carbonyl (C=O) groups excluding carboxylic acids is 1. The molecule has 0 spiro atoms. The Morgan fingerprint density at radius 2 is 1.92 bits per heavy atom. The maximum atomic E-state index is 12.6. The van der Waals surface area contributed by atoms with Crippen molar-refractivity contribution < 1.29 is 9.21 Å². The number of aromatic nitrogens is 1. The second-order valence-corrected chi connectivity index (χ2v) is 6.30. The zero-order valence-corrected chi connectivity index (χ0v) is 13.6. The van der Waals surface area contributed by atoms with Crippen LogP contribution in [-0.2, 0) is 11.3 Å². The fraction of sp³-hybridized carbons (Fsp3) is 0.222. The number of halogens is 1. The lowest BCUT2D eigenvalue weighted by atomic mass is 9.94. The predicted octanol–water partition coefficient (Wildman–Crippen LogP) is 3.22. The van der Waals surface area contributed by atoms with Gasteiger partial charge in [0.05, 0.1) is 11.6 Å². The van der Waals surface area contributed by atoms with Crippen molar-refractivity contribution in [2.75, 3.05) is 6.54 Å². The Kier molecular flexibility index (Phi) is 3.65. The maximum absolute atomic E-state index is 12.6. The summed E-state index contributed by atoms with van der Waals surface area (Å²) in [4.78, 5) is 26.4. The molecular weight excluding hydrogens is 328 g/mol. The molecule has 0 N–H and O–H groups in total. The Hall–Kier alpha value is -2.53. The zero-order chi connectivity index (χ0) is 16.7. The summed E-state index contributed by atoms with van der Waals surface area (Å²) < 4.78 is 6.56. The molecular formula is C18H15ClN2O3. The molecule has 2 aromatic carbocycles. The molecule has 1 saturated heterocycles. The van der Waals surface area contributed by atoms with Crippen molar-refractivity contribution in [1.29, 1.82) is 0 Å². The number of rotatable bonds is 3. The topological polar surface area (TPSA) is 55.5 Å². The van der Waals surface area contributed by atoms with Crippen LogP contribution in [0.1, 0.15) is 18.0 Å². The molecule has 3 aromatic rings. The fourth-order valence-corrected chi connectivity index (χ4v) is 3.23. The highest BCUT2D eigenvalue weighted by molar-refractivity contribution is 6.30. The van der Waals surface area contributed by atoms with Crippen molar-refractivity contribution in [3.63, 3.8) is 0 Å². The smallest absolute Gasteiger partial charge is 0.408 e. The highest BCUT2D eigenvalue weighted by Gasteiger charge is 2.33. The maximum Gasteiger partial charge on any atom is 0.420 e. The van der Waals surface area contributed by atoms with Crippen LogP contribution >= 0.6 is 11.6 Å². The number of amides is 1. The van der Waals surface area contributed by atoms with Gasteiger partial charge in [0.25, 0.3) is 0 Å². The van der Waals surface area contributed by atoms with Gasteiger partial charge in [-0.3, -0.25) is 9.36 Å². The van der Waals surface area contributed by atoms with Crippen molar-refractivity contribution in [2.45, 2.75) is 19.0 Å². The molecule has 1 aliphatic rings. The van der Waals surface area contributed by atoms with Gasteiger partial charge in [-0.1, -0.05) is 35.9 Å². The van der Waals surface area contributed by atoms with E-state index in [1.54, 1.807) is 23.1 Å². The zero-order valence-electron chi connectivity index (χ0n) is 12.8. The first kappa shape index (κ1) is 15.0. The standard InChI is InChI=1S/C18H15ClN2O3/c19-13-7-5-12(6-8-13)14-9-10-20(14)17(22)11-21-15-3-1-2-4-16(15)24-18(21)23/h1-8,14H,9-11H2. The Balaban J connectivity index is 1.57. The minimum absolute atomic E-state index is 0.0140. The number of likely N-dealkylation sites (tertiary alicyclic amines) is 1. The first-order chi connectivity index (χ1) is 11.6. The normalized spacial score (nSPS) is 17.0. The average Bonchev–Trinajstić information content (AvgIpc) is 2.84. The second-order valence-electron chi connectivity index (χ2n) is 5.86. The first-order valence-electron chi connectivity index (χ1n) is 7.77. The summed E-state index contributed by atoms with van der Waals surface area (Å²) >= 11 is 5.92. The van der Waals surface area contributed by atoms with E-state index < -0.39 is 5.76 Å². The molecule has 24 heavy (non-hydrogen) atoms. The van der Waals surface area contributed by atoms with Crippen LogP contribution in [0.15, 0.2) is 57.7 Å². The molecule has 5 nitrogen and oxygen atoms in total. The number of carbonyl (C=O) groups is 1. The van der Waals surface area contributed by atoms with E-state index in [-0.39, 0.29) is 18.5 Å². The second kappa shape index (κ2) is 5.83. The lowest BCUT2D eigenvalue weighted by Gasteiger charge is -2.41. The summed E-state index contributed by atoms with van der Waals surface area (Å²) in [6.07, 6.45) is 0.911. The van der Waals surface area contributed by atoms with E-state index in [0.29, 0.717) is 22.7 Å². The van der Waals surface area contributed by atoms with Crippen LogP contribution in [0.25, 0.3) is 11.1 Å². The fourth-order valence-electron chi connectivity index (χ4n) is 3.11. The number of oxazole rings is 1. The third-order valence-electron chi connectivity index (χ3n) is 4.46. The number of hydrogen-bond acceptors (Lipinski definition) is 3. The van der Waals surface area contributed by atoms with Gasteiger partial charge in [-0.05, 0) is 36.2 Å². The lowest BCUT2D eigenvalue weighted by molar-refractivity contribution is -0.139. The van der Waals surface area contributed by atoms with Gasteiger partial charge in [0.2, 0.25) is 5.91 Å². The van der Waals surface area contributed by atoms with Crippen LogP contribution in [0.4, 0.5) is 0 Å². The number of para-hydroxylation sites is 2. The van der Waals surface area contributed by atoms with Gasteiger partial charge in [-0.15, -0.1) is 0 Å². The number of fused-ring (bicyclic) bond motifs is 1. The molecule has 1 fully saturated rings. The molecule has 1 amide bonds. The van der Waals surface area contributed by atoms with Crippen LogP contribution in [-0.4, -0.2) is 21.9 Å². The van der Waals surface area contributed by atoms with E-state index in [1.165, 1.54) is 4.57 Å². The molecule has 0 aliphatic carbocycles. The molecule has 4 rings (SSSR count). The minimum atomic E-state index is -0.506. The van der Waals surface area contributed by atoms with Crippen LogP contribution in [0.3, 0.4) is 0 Å². The Labute approximate surface area is 143 Å². The predicted molar refractivity (Wildman–Crippen MR) is 91.0 cm³/mol. The molecule has 1 aliphatic heterocycles. The average molecular weight is 343 g/mol. The van der Waals surface area contributed by atoms with Gasteiger partial charge in [0.15, 0.2) is 5.58 Å². The highest BCUT2D eigenvalue weighted by atomic mass is 35.5. The van der Waals surface area contributed by atoms with Gasteiger partial charge in [0.1, 0.15) is 6.54 Å². The Morgan fingerprint density at radius 1 is 1.17 bits per heavy atom. The van der Waals surface area contributed by atoms with E-state index in [2.05, 4.69) is 0 Å². The quantitative estimate of drug-likeness (QED) is 0.734. The summed E-state index contributed by atoms with van der Waals surface area (Å²) in [6.45, 7) is 0.677. The largest absolute Gasteiger partial charge is 0.420 e. The van der Waals surface area contributed by atoms with Crippen LogP contribution in [0, 0.1) is 0 Å². The summed E-state index contributed by atoms with van der Waals surface area (Å²) in [5.74, 6) is -0.594. The molecule has 1 atom stereocenters. The molecule has 6 heteroatoms. The number of hydrogen-bond donors (Lipinski definition) is 0. The first-order valence-corrected chi connectivity index (χ1v) is 8.14. The van der Waals surface area contributed by atoms with E-state index >= 15 is 0 Å². The van der Waals surface area contributed by atoms with Gasteiger partial charge in [-0.25, -0.2) is 4.79 Å². The number of benzene rings is 2. The van der Waals surface area contributed by atoms with Gasteiger partial charge >= 0.3 is 5.76 Å². The van der Waals surface area contributed by atoms with Crippen LogP contribution in [0.5, 0.6) is 0 Å². The van der Waals surface area contributed by atoms with E-state index in [0.717, 1.165) is 12.0 Å². The van der Waals surface area contributed by atoms with Crippen molar-refractivity contribution in [2.24, 2.45) is 0 Å². The minimum Gasteiger partial charge on any atom is -0.408 e. The van der Waals surface area contributed by atoms with Crippen molar-refractivity contribution in [3.8, 4) is 0 Å². The summed E-state index contributed by atoms with van der Waals surface area (Å²) in [5.41, 5.74) is 2.19. The monoisotopic (exact) mass is 342 g/mol. The highest BCUT2D eigenvalue weighted by Crippen LogP contribution is 2.34. The van der Waals surface area contributed by atoms with E-state index in [1.807, 2.05) is 30.3 Å². The van der Waals surface area contributed by atoms with Gasteiger partial charge < -0.3 is 9.32 Å². The summed E-state index contributed by atoms with van der Waals surface area (Å²) in [6, 6.07) is 14.7. The Morgan fingerprint density at radius 3 is 2.62 bits per heavy atom. The number of nitrogens with zero attached hydrogens (tertiary/aromatic N) is 2.